The highest BCUT2D eigenvalue weighted by atomic mass is 32.2. The predicted molar refractivity (Wildman–Crippen MR) is 195 cm³/mol. The van der Waals surface area contributed by atoms with Gasteiger partial charge in [0.25, 0.3) is 10.0 Å². The minimum atomic E-state index is -4.35. The molecular weight excluding hydrogens is 655 g/mol. The Morgan fingerprint density at radius 1 is 0.760 bits per heavy atom. The van der Waals surface area contributed by atoms with Gasteiger partial charge in [-0.25, -0.2) is 8.42 Å². The van der Waals surface area contributed by atoms with Gasteiger partial charge in [-0.3, -0.25) is 13.9 Å². The van der Waals surface area contributed by atoms with Gasteiger partial charge in [0, 0.05) is 25.6 Å². The molecule has 1 N–H and O–H groups in total. The molecule has 11 heteroatoms. The fraction of sp³-hybridized carbons (Fsp3) is 0.333. The van der Waals surface area contributed by atoms with E-state index in [2.05, 4.69) is 5.32 Å². The summed E-state index contributed by atoms with van der Waals surface area (Å²) in [6.45, 7) is 7.58. The summed E-state index contributed by atoms with van der Waals surface area (Å²) in [5, 5.41) is 3.01. The van der Waals surface area contributed by atoms with Crippen LogP contribution >= 0.6 is 0 Å². The first kappa shape index (κ1) is 37.8. The lowest BCUT2D eigenvalue weighted by Gasteiger charge is -2.34. The Balaban J connectivity index is 1.86. The van der Waals surface area contributed by atoms with E-state index in [1.54, 1.807) is 31.4 Å². The minimum Gasteiger partial charge on any atom is -0.497 e. The topological polar surface area (TPSA) is 114 Å². The zero-order chi connectivity index (χ0) is 36.4. The van der Waals surface area contributed by atoms with E-state index in [-0.39, 0.29) is 35.4 Å². The van der Waals surface area contributed by atoms with Gasteiger partial charge in [0.1, 0.15) is 18.3 Å². The number of nitrogens with zero attached hydrogens (tertiary/aromatic N) is 2. The number of anilines is 1. The van der Waals surface area contributed by atoms with Crippen LogP contribution in [-0.2, 0) is 32.6 Å². The third-order valence-corrected chi connectivity index (χ3v) is 9.93. The lowest BCUT2D eigenvalue weighted by Crippen LogP contribution is -2.53. The van der Waals surface area contributed by atoms with Gasteiger partial charge in [-0.15, -0.1) is 0 Å². The van der Waals surface area contributed by atoms with Crippen LogP contribution in [0.25, 0.3) is 0 Å². The molecule has 10 nitrogen and oxygen atoms in total. The average Bonchev–Trinajstić information content (AvgIpc) is 3.10. The van der Waals surface area contributed by atoms with Crippen molar-refractivity contribution in [3.63, 3.8) is 0 Å². The molecule has 4 aromatic rings. The van der Waals surface area contributed by atoms with Crippen LogP contribution in [0.4, 0.5) is 5.69 Å². The van der Waals surface area contributed by atoms with Crippen LogP contribution in [0.15, 0.2) is 95.9 Å². The van der Waals surface area contributed by atoms with Crippen LogP contribution in [0.2, 0.25) is 0 Å². The number of carbonyl (C=O) groups is 2. The van der Waals surface area contributed by atoms with E-state index in [0.29, 0.717) is 29.3 Å². The number of rotatable bonds is 16. The second-order valence-corrected chi connectivity index (χ2v) is 14.5. The Morgan fingerprint density at radius 3 is 2.04 bits per heavy atom. The lowest BCUT2D eigenvalue weighted by molar-refractivity contribution is -0.140. The van der Waals surface area contributed by atoms with E-state index in [1.165, 1.54) is 37.3 Å². The van der Waals surface area contributed by atoms with Gasteiger partial charge < -0.3 is 24.4 Å². The second-order valence-electron chi connectivity index (χ2n) is 12.6. The summed E-state index contributed by atoms with van der Waals surface area (Å²) in [4.78, 5) is 30.2. The molecule has 2 amide bonds. The Bertz CT molecular complexity index is 1860. The van der Waals surface area contributed by atoms with Crippen molar-refractivity contribution in [3.8, 4) is 17.2 Å². The van der Waals surface area contributed by atoms with Crippen molar-refractivity contribution in [3.05, 3.63) is 113 Å². The first-order valence-electron chi connectivity index (χ1n) is 16.4. The fourth-order valence-electron chi connectivity index (χ4n) is 5.67. The number of nitrogens with one attached hydrogen (secondary N) is 1. The maximum Gasteiger partial charge on any atom is 0.264 e. The number of ether oxygens (including phenoxy) is 3. The number of amides is 2. The molecule has 266 valence electrons. The molecule has 0 fully saturated rings. The van der Waals surface area contributed by atoms with Crippen LogP contribution in [0, 0.1) is 19.8 Å². The SMILES string of the molecule is COc1cccc(CN(C(=O)CN(c2cc(C)cc(C)c2)S(=O)(=O)c2ccc(OC)c(OC)c2)[C@H](Cc2ccccc2)C(=O)NCC(C)C)c1. The van der Waals surface area contributed by atoms with Gasteiger partial charge in [-0.2, -0.15) is 0 Å². The monoisotopic (exact) mass is 701 g/mol. The van der Waals surface area contributed by atoms with Gasteiger partial charge >= 0.3 is 0 Å². The van der Waals surface area contributed by atoms with Gasteiger partial charge in [-0.05, 0) is 78.4 Å². The number of aryl methyl sites for hydroxylation is 2. The summed E-state index contributed by atoms with van der Waals surface area (Å²) in [6.07, 6.45) is 0.215. The molecule has 4 aromatic carbocycles. The molecule has 0 heterocycles. The number of methoxy groups -OCH3 is 3. The van der Waals surface area contributed by atoms with Crippen molar-refractivity contribution < 1.29 is 32.2 Å². The molecule has 0 unspecified atom stereocenters. The van der Waals surface area contributed by atoms with Crippen LogP contribution in [-0.4, -0.2) is 65.6 Å². The first-order chi connectivity index (χ1) is 23.9. The molecule has 4 rings (SSSR count). The van der Waals surface area contributed by atoms with Crippen molar-refractivity contribution in [2.24, 2.45) is 5.92 Å². The Labute approximate surface area is 296 Å². The van der Waals surface area contributed by atoms with Gasteiger partial charge in [0.05, 0.1) is 31.9 Å². The predicted octanol–water partition coefficient (Wildman–Crippen LogP) is 5.94. The summed E-state index contributed by atoms with van der Waals surface area (Å²) in [7, 11) is 0.0906. The standard InChI is InChI=1S/C39H47N3O7S/c1-27(2)24-40-39(44)35(22-30-12-9-8-10-13-30)41(25-31-14-11-15-33(21-31)47-5)38(43)26-42(32-19-28(3)18-29(4)20-32)50(45,46)34-16-17-36(48-6)37(23-34)49-7/h8-21,23,27,35H,22,24-26H2,1-7H3,(H,40,44)/t35-/m1/s1. The molecule has 50 heavy (non-hydrogen) atoms. The van der Waals surface area contributed by atoms with Crippen LogP contribution < -0.4 is 23.8 Å². The molecule has 0 spiro atoms. The molecule has 0 radical (unpaired) electrons. The minimum absolute atomic E-state index is 0.0275. The summed E-state index contributed by atoms with van der Waals surface area (Å²) in [5.41, 5.74) is 3.53. The highest BCUT2D eigenvalue weighted by Crippen LogP contribution is 2.33. The number of sulfonamides is 1. The Kier molecular flexibility index (Phi) is 12.9. The first-order valence-corrected chi connectivity index (χ1v) is 17.9. The van der Waals surface area contributed by atoms with E-state index < -0.39 is 28.5 Å². The highest BCUT2D eigenvalue weighted by molar-refractivity contribution is 7.92. The summed E-state index contributed by atoms with van der Waals surface area (Å²) in [5.74, 6) is 0.458. The molecule has 0 saturated heterocycles. The molecule has 0 bridgehead atoms. The maximum absolute atomic E-state index is 14.8. The fourth-order valence-corrected chi connectivity index (χ4v) is 7.09. The largest absolute Gasteiger partial charge is 0.497 e. The third-order valence-electron chi connectivity index (χ3n) is 8.16. The van der Waals surface area contributed by atoms with Gasteiger partial charge in [0.2, 0.25) is 11.8 Å². The van der Waals surface area contributed by atoms with E-state index in [4.69, 9.17) is 14.2 Å². The van der Waals surface area contributed by atoms with Crippen LogP contribution in [0.5, 0.6) is 17.2 Å². The maximum atomic E-state index is 14.8. The number of hydrogen-bond acceptors (Lipinski definition) is 7. The Hall–Kier alpha value is -5.03. The van der Waals surface area contributed by atoms with E-state index in [1.807, 2.05) is 76.2 Å². The molecule has 0 saturated carbocycles. The lowest BCUT2D eigenvalue weighted by atomic mass is 10.0. The van der Waals surface area contributed by atoms with Crippen LogP contribution in [0.3, 0.4) is 0 Å². The number of hydrogen-bond donors (Lipinski definition) is 1. The Morgan fingerprint density at radius 2 is 1.42 bits per heavy atom. The average molecular weight is 702 g/mol. The zero-order valence-electron chi connectivity index (χ0n) is 29.8. The molecular formula is C39H47N3O7S. The molecule has 0 aliphatic carbocycles. The zero-order valence-corrected chi connectivity index (χ0v) is 30.6. The second kappa shape index (κ2) is 17.1. The third kappa shape index (κ3) is 9.56. The smallest absolute Gasteiger partial charge is 0.264 e. The van der Waals surface area contributed by atoms with Crippen LogP contribution in [0.1, 0.15) is 36.1 Å². The normalized spacial score (nSPS) is 11.8. The van der Waals surface area contributed by atoms with Gasteiger partial charge in [-0.1, -0.05) is 62.4 Å². The molecule has 1 atom stereocenters. The van der Waals surface area contributed by atoms with Crippen molar-refractivity contribution in [2.45, 2.75) is 51.6 Å². The summed E-state index contributed by atoms with van der Waals surface area (Å²) in [6, 6.07) is 25.4. The highest BCUT2D eigenvalue weighted by Gasteiger charge is 2.35. The van der Waals surface area contributed by atoms with Crippen molar-refractivity contribution in [2.75, 3.05) is 38.7 Å². The molecule has 0 aromatic heterocycles. The molecule has 0 aliphatic rings. The van der Waals surface area contributed by atoms with Crippen molar-refractivity contribution >= 4 is 27.5 Å². The van der Waals surface area contributed by atoms with E-state index in [0.717, 1.165) is 21.0 Å². The van der Waals surface area contributed by atoms with Gasteiger partial charge in [0.15, 0.2) is 11.5 Å². The van der Waals surface area contributed by atoms with E-state index in [9.17, 15) is 18.0 Å². The van der Waals surface area contributed by atoms with Crippen molar-refractivity contribution in [1.82, 2.24) is 10.2 Å². The van der Waals surface area contributed by atoms with E-state index >= 15 is 0 Å². The number of carbonyl (C=O) groups excluding carboxylic acids is 2. The number of benzene rings is 4. The quantitative estimate of drug-likeness (QED) is 0.154. The summed E-state index contributed by atoms with van der Waals surface area (Å²) < 4.78 is 46.4. The van der Waals surface area contributed by atoms with Crippen molar-refractivity contribution in [1.29, 1.82) is 0 Å². The summed E-state index contributed by atoms with van der Waals surface area (Å²) >= 11 is 0. The molecule has 0 aliphatic heterocycles.